The van der Waals surface area contributed by atoms with E-state index in [0.29, 0.717) is 17.1 Å². The van der Waals surface area contributed by atoms with E-state index < -0.39 is 29.6 Å². The number of ether oxygens (including phenoxy) is 3. The lowest BCUT2D eigenvalue weighted by atomic mass is 10.1. The Labute approximate surface area is 158 Å². The summed E-state index contributed by atoms with van der Waals surface area (Å²) in [7, 11) is 3.00. The molecule has 1 aromatic carbocycles. The summed E-state index contributed by atoms with van der Waals surface area (Å²) in [4.78, 5) is 35.1. The quantitative estimate of drug-likeness (QED) is 0.620. The lowest BCUT2D eigenvalue weighted by Gasteiger charge is -2.22. The summed E-state index contributed by atoms with van der Waals surface area (Å²) in [5.41, 5.74) is -0.0961. The molecule has 0 aliphatic carbocycles. The Morgan fingerprint density at radius 1 is 1.11 bits per heavy atom. The maximum Gasteiger partial charge on any atom is 0.408 e. The summed E-state index contributed by atoms with van der Waals surface area (Å²) < 4.78 is 15.3. The fraction of sp³-hybridized carbons (Fsp3) is 0.500. The van der Waals surface area contributed by atoms with Crippen LogP contribution in [0.2, 0.25) is 0 Å². The SMILES string of the molecule is COc1ccc(CC(=O)NCC(NC(=O)OC(C)(C)C)C(=O)O)cc1OC. The van der Waals surface area contributed by atoms with Gasteiger partial charge in [0.05, 0.1) is 20.6 Å². The van der Waals surface area contributed by atoms with Gasteiger partial charge in [-0.3, -0.25) is 4.79 Å². The lowest BCUT2D eigenvalue weighted by molar-refractivity contribution is -0.139. The highest BCUT2D eigenvalue weighted by atomic mass is 16.6. The number of benzene rings is 1. The maximum atomic E-state index is 12.1. The molecule has 0 aliphatic heterocycles. The van der Waals surface area contributed by atoms with Gasteiger partial charge in [0.2, 0.25) is 5.91 Å². The van der Waals surface area contributed by atoms with Crippen LogP contribution in [-0.4, -0.2) is 55.5 Å². The van der Waals surface area contributed by atoms with Crippen LogP contribution in [0.5, 0.6) is 11.5 Å². The van der Waals surface area contributed by atoms with Crippen LogP contribution in [0.1, 0.15) is 26.3 Å². The fourth-order valence-corrected chi connectivity index (χ4v) is 2.10. The molecule has 0 spiro atoms. The second-order valence-electron chi connectivity index (χ2n) is 6.71. The van der Waals surface area contributed by atoms with Crippen LogP contribution >= 0.6 is 0 Å². The Morgan fingerprint density at radius 2 is 1.74 bits per heavy atom. The molecule has 0 saturated carbocycles. The highest BCUT2D eigenvalue weighted by molar-refractivity contribution is 5.82. The van der Waals surface area contributed by atoms with Crippen molar-refractivity contribution in [2.24, 2.45) is 0 Å². The van der Waals surface area contributed by atoms with Crippen molar-refractivity contribution in [3.05, 3.63) is 23.8 Å². The molecule has 3 N–H and O–H groups in total. The van der Waals surface area contributed by atoms with E-state index in [4.69, 9.17) is 14.2 Å². The summed E-state index contributed by atoms with van der Waals surface area (Å²) in [6, 6.07) is 3.72. The summed E-state index contributed by atoms with van der Waals surface area (Å²) in [6.45, 7) is 4.70. The number of carboxylic acids is 1. The van der Waals surface area contributed by atoms with Gasteiger partial charge in [0, 0.05) is 6.54 Å². The molecule has 0 aliphatic rings. The van der Waals surface area contributed by atoms with Gasteiger partial charge < -0.3 is 30.0 Å². The van der Waals surface area contributed by atoms with Gasteiger partial charge in [-0.25, -0.2) is 9.59 Å². The Balaban J connectivity index is 2.62. The molecule has 1 aromatic rings. The van der Waals surface area contributed by atoms with Gasteiger partial charge in [-0.15, -0.1) is 0 Å². The van der Waals surface area contributed by atoms with Crippen molar-refractivity contribution < 1.29 is 33.7 Å². The standard InChI is InChI=1S/C18H26N2O7/c1-18(2,3)27-17(24)20-12(16(22)23)10-19-15(21)9-11-6-7-13(25-4)14(8-11)26-5/h6-8,12H,9-10H2,1-5H3,(H,19,21)(H,20,24)(H,22,23). The van der Waals surface area contributed by atoms with Crippen molar-refractivity contribution in [2.75, 3.05) is 20.8 Å². The van der Waals surface area contributed by atoms with E-state index in [0.717, 1.165) is 0 Å². The molecule has 9 heteroatoms. The number of methoxy groups -OCH3 is 2. The summed E-state index contributed by atoms with van der Waals surface area (Å²) in [5.74, 6) is -0.668. The first-order chi connectivity index (χ1) is 12.6. The minimum absolute atomic E-state index is 0.0130. The smallest absolute Gasteiger partial charge is 0.408 e. The molecule has 9 nitrogen and oxygen atoms in total. The number of carbonyl (C=O) groups excluding carboxylic acids is 2. The van der Waals surface area contributed by atoms with E-state index in [2.05, 4.69) is 10.6 Å². The van der Waals surface area contributed by atoms with Gasteiger partial charge in [0.1, 0.15) is 11.6 Å². The molecule has 0 bridgehead atoms. The van der Waals surface area contributed by atoms with E-state index in [1.807, 2.05) is 0 Å². The normalized spacial score (nSPS) is 11.9. The van der Waals surface area contributed by atoms with E-state index >= 15 is 0 Å². The van der Waals surface area contributed by atoms with Crippen LogP contribution in [0.25, 0.3) is 0 Å². The summed E-state index contributed by atoms with van der Waals surface area (Å²) in [6.07, 6.45) is -0.858. The Morgan fingerprint density at radius 3 is 2.26 bits per heavy atom. The molecule has 0 radical (unpaired) electrons. The van der Waals surface area contributed by atoms with Crippen LogP contribution in [0.15, 0.2) is 18.2 Å². The number of hydrogen-bond acceptors (Lipinski definition) is 6. The third-order valence-electron chi connectivity index (χ3n) is 3.31. The highest BCUT2D eigenvalue weighted by Gasteiger charge is 2.24. The first-order valence-electron chi connectivity index (χ1n) is 8.25. The second kappa shape index (κ2) is 9.65. The van der Waals surface area contributed by atoms with Gasteiger partial charge in [-0.2, -0.15) is 0 Å². The number of alkyl carbamates (subject to hydrolysis) is 1. The Bertz CT molecular complexity index is 683. The number of rotatable bonds is 8. The van der Waals surface area contributed by atoms with Crippen LogP contribution in [0.3, 0.4) is 0 Å². The number of carboxylic acid groups (broad SMARTS) is 1. The molecule has 0 fully saturated rings. The second-order valence-corrected chi connectivity index (χ2v) is 6.71. The topological polar surface area (TPSA) is 123 Å². The average molecular weight is 382 g/mol. The van der Waals surface area contributed by atoms with Crippen molar-refractivity contribution in [2.45, 2.75) is 38.8 Å². The molecular formula is C18H26N2O7. The minimum atomic E-state index is -1.31. The van der Waals surface area contributed by atoms with E-state index in [9.17, 15) is 19.5 Å². The molecule has 27 heavy (non-hydrogen) atoms. The van der Waals surface area contributed by atoms with Gasteiger partial charge >= 0.3 is 12.1 Å². The molecule has 1 unspecified atom stereocenters. The minimum Gasteiger partial charge on any atom is -0.493 e. The van der Waals surface area contributed by atoms with Crippen molar-refractivity contribution >= 4 is 18.0 Å². The van der Waals surface area contributed by atoms with Crippen LogP contribution in [0, 0.1) is 0 Å². The third kappa shape index (κ3) is 7.85. The highest BCUT2D eigenvalue weighted by Crippen LogP contribution is 2.27. The molecule has 2 amide bonds. The Kier molecular flexibility index (Phi) is 7.89. The van der Waals surface area contributed by atoms with Crippen molar-refractivity contribution in [3.63, 3.8) is 0 Å². The number of carbonyl (C=O) groups is 3. The third-order valence-corrected chi connectivity index (χ3v) is 3.31. The molecule has 0 aromatic heterocycles. The first-order valence-corrected chi connectivity index (χ1v) is 8.25. The van der Waals surface area contributed by atoms with E-state index in [1.54, 1.807) is 39.0 Å². The first kappa shape index (κ1) is 22.1. The van der Waals surface area contributed by atoms with Crippen molar-refractivity contribution in [1.29, 1.82) is 0 Å². The molecule has 1 rings (SSSR count). The monoisotopic (exact) mass is 382 g/mol. The number of hydrogen-bond donors (Lipinski definition) is 3. The molecule has 1 atom stereocenters. The molecule has 0 heterocycles. The van der Waals surface area contributed by atoms with Gasteiger partial charge in [-0.1, -0.05) is 6.07 Å². The number of aliphatic carboxylic acids is 1. The lowest BCUT2D eigenvalue weighted by Crippen LogP contribution is -2.49. The summed E-state index contributed by atoms with van der Waals surface area (Å²) in [5, 5.41) is 13.9. The number of nitrogens with one attached hydrogen (secondary N) is 2. The largest absolute Gasteiger partial charge is 0.493 e. The zero-order valence-corrected chi connectivity index (χ0v) is 16.1. The fourth-order valence-electron chi connectivity index (χ4n) is 2.10. The van der Waals surface area contributed by atoms with Crippen LogP contribution in [-0.2, 0) is 20.7 Å². The molecule has 0 saturated heterocycles. The zero-order valence-electron chi connectivity index (χ0n) is 16.1. The van der Waals surface area contributed by atoms with E-state index in [1.165, 1.54) is 14.2 Å². The molecule has 150 valence electrons. The van der Waals surface area contributed by atoms with Gasteiger partial charge in [0.15, 0.2) is 11.5 Å². The zero-order chi connectivity index (χ0) is 20.6. The van der Waals surface area contributed by atoms with Gasteiger partial charge in [-0.05, 0) is 38.5 Å². The maximum absolute atomic E-state index is 12.1. The van der Waals surface area contributed by atoms with Gasteiger partial charge in [0.25, 0.3) is 0 Å². The summed E-state index contributed by atoms with van der Waals surface area (Å²) >= 11 is 0. The van der Waals surface area contributed by atoms with Crippen LogP contribution < -0.4 is 20.1 Å². The van der Waals surface area contributed by atoms with Crippen molar-refractivity contribution in [3.8, 4) is 11.5 Å². The predicted octanol–water partition coefficient (Wildman–Crippen LogP) is 1.34. The predicted molar refractivity (Wildman–Crippen MR) is 97.1 cm³/mol. The molecular weight excluding hydrogens is 356 g/mol. The van der Waals surface area contributed by atoms with E-state index in [-0.39, 0.29) is 13.0 Å². The Hall–Kier alpha value is -2.97. The van der Waals surface area contributed by atoms with Crippen LogP contribution in [0.4, 0.5) is 4.79 Å². The average Bonchev–Trinajstić information content (AvgIpc) is 2.56. The number of amides is 2. The van der Waals surface area contributed by atoms with Crippen molar-refractivity contribution in [1.82, 2.24) is 10.6 Å².